The van der Waals surface area contributed by atoms with Crippen LogP contribution in [0.2, 0.25) is 0 Å². The number of rotatable bonds is 6. The third-order valence-electron chi connectivity index (χ3n) is 7.49. The molecule has 2 saturated heterocycles. The first-order valence-corrected chi connectivity index (χ1v) is 13.0. The van der Waals surface area contributed by atoms with Crippen LogP contribution in [-0.4, -0.2) is 70.9 Å². The fraction of sp³-hybridized carbons (Fsp3) is 0.407. The van der Waals surface area contributed by atoms with Gasteiger partial charge in [-0.05, 0) is 56.2 Å². The van der Waals surface area contributed by atoms with Crippen LogP contribution in [0.4, 0.5) is 30.2 Å². The number of morpholine rings is 1. The third kappa shape index (κ3) is 5.80. The summed E-state index contributed by atoms with van der Waals surface area (Å²) < 4.78 is 45.5. The first-order valence-electron chi connectivity index (χ1n) is 13.0. The molecule has 1 aromatic heterocycles. The largest absolute Gasteiger partial charge is 0.416 e. The van der Waals surface area contributed by atoms with Gasteiger partial charge in [0.15, 0.2) is 0 Å². The molecule has 0 unspecified atom stereocenters. The topological polar surface area (TPSA) is 106 Å². The van der Waals surface area contributed by atoms with Crippen LogP contribution in [0.1, 0.15) is 34.5 Å². The predicted molar refractivity (Wildman–Crippen MR) is 142 cm³/mol. The van der Waals surface area contributed by atoms with Crippen LogP contribution in [0.5, 0.6) is 0 Å². The molecule has 40 heavy (non-hydrogen) atoms. The summed E-state index contributed by atoms with van der Waals surface area (Å²) in [6.07, 6.45) is -1.35. The van der Waals surface area contributed by atoms with Crippen molar-refractivity contribution in [1.82, 2.24) is 14.7 Å². The van der Waals surface area contributed by atoms with Crippen molar-refractivity contribution >= 4 is 23.0 Å². The summed E-state index contributed by atoms with van der Waals surface area (Å²) in [5.41, 5.74) is 0.843. The molecule has 0 atom stereocenters. The Labute approximate surface area is 228 Å². The molecule has 212 valence electrons. The third-order valence-corrected chi connectivity index (χ3v) is 7.49. The molecule has 0 saturated carbocycles. The number of carbonyl (C=O) groups excluding carboxylic acids is 1. The molecule has 1 N–H and O–H groups in total. The quantitative estimate of drug-likeness (QED) is 0.347. The molecule has 2 aliphatic heterocycles. The van der Waals surface area contributed by atoms with E-state index in [4.69, 9.17) is 4.74 Å². The number of hydrogen-bond donors (Lipinski definition) is 1. The van der Waals surface area contributed by atoms with Crippen LogP contribution in [0.25, 0.3) is 5.69 Å². The van der Waals surface area contributed by atoms with Gasteiger partial charge >= 0.3 is 6.18 Å². The van der Waals surface area contributed by atoms with Gasteiger partial charge in [0.05, 0.1) is 46.8 Å². The molecule has 2 fully saturated rings. The second kappa shape index (κ2) is 11.3. The normalized spacial score (nSPS) is 17.1. The number of aromatic nitrogens is 2. The van der Waals surface area contributed by atoms with E-state index in [0.717, 1.165) is 51.3 Å². The molecule has 1 amide bonds. The molecule has 2 aliphatic rings. The van der Waals surface area contributed by atoms with Crippen molar-refractivity contribution in [3.05, 3.63) is 75.6 Å². The average Bonchev–Trinajstić information content (AvgIpc) is 3.34. The van der Waals surface area contributed by atoms with E-state index in [-0.39, 0.29) is 16.9 Å². The summed E-state index contributed by atoms with van der Waals surface area (Å²) in [7, 11) is 0. The zero-order valence-electron chi connectivity index (χ0n) is 21.9. The van der Waals surface area contributed by atoms with Crippen molar-refractivity contribution in [2.24, 2.45) is 0 Å². The SMILES string of the molecule is Cc1c(C(=O)Nc2ccc(N3CCC(N4CCOCC4)CC3)c([N+](=O)[O-])c2)cnn1-c1ccc(C(F)(F)F)cc1. The Balaban J connectivity index is 1.28. The minimum Gasteiger partial charge on any atom is -0.379 e. The lowest BCUT2D eigenvalue weighted by molar-refractivity contribution is -0.384. The van der Waals surface area contributed by atoms with Gasteiger partial charge in [-0.25, -0.2) is 4.68 Å². The summed E-state index contributed by atoms with van der Waals surface area (Å²) in [5, 5.41) is 18.8. The van der Waals surface area contributed by atoms with E-state index < -0.39 is 22.6 Å². The van der Waals surface area contributed by atoms with Crippen molar-refractivity contribution < 1.29 is 27.6 Å². The van der Waals surface area contributed by atoms with Gasteiger partial charge in [0.25, 0.3) is 11.6 Å². The molecule has 3 aromatic rings. The van der Waals surface area contributed by atoms with E-state index in [1.165, 1.54) is 29.1 Å². The molecule has 5 rings (SSSR count). The second-order valence-corrected chi connectivity index (χ2v) is 9.88. The number of anilines is 2. The van der Waals surface area contributed by atoms with Gasteiger partial charge in [-0.2, -0.15) is 18.3 Å². The van der Waals surface area contributed by atoms with Crippen LogP contribution in [-0.2, 0) is 10.9 Å². The van der Waals surface area contributed by atoms with E-state index >= 15 is 0 Å². The van der Waals surface area contributed by atoms with Gasteiger partial charge < -0.3 is 15.0 Å². The van der Waals surface area contributed by atoms with Gasteiger partial charge in [0, 0.05) is 44.0 Å². The number of nitrogens with zero attached hydrogens (tertiary/aromatic N) is 5. The summed E-state index contributed by atoms with van der Waals surface area (Å²) >= 11 is 0. The predicted octanol–water partition coefficient (Wildman–Crippen LogP) is 4.66. The van der Waals surface area contributed by atoms with Crippen LogP contribution >= 0.6 is 0 Å². The molecular weight excluding hydrogens is 529 g/mol. The lowest BCUT2D eigenvalue weighted by atomic mass is 10.0. The van der Waals surface area contributed by atoms with Crippen molar-refractivity contribution in [2.75, 3.05) is 49.6 Å². The lowest BCUT2D eigenvalue weighted by Gasteiger charge is -2.40. The van der Waals surface area contributed by atoms with E-state index in [9.17, 15) is 28.1 Å². The monoisotopic (exact) mass is 558 g/mol. The number of carbonyl (C=O) groups is 1. The maximum Gasteiger partial charge on any atom is 0.416 e. The van der Waals surface area contributed by atoms with Crippen LogP contribution in [0.15, 0.2) is 48.7 Å². The Kier molecular flexibility index (Phi) is 7.76. The molecular formula is C27H29F3N6O4. The number of halogens is 3. The molecule has 0 spiro atoms. The van der Waals surface area contributed by atoms with Crippen LogP contribution in [0.3, 0.4) is 0 Å². The Morgan fingerprint density at radius 3 is 2.38 bits per heavy atom. The highest BCUT2D eigenvalue weighted by atomic mass is 19.4. The molecule has 0 radical (unpaired) electrons. The number of nitro groups is 1. The number of piperidine rings is 1. The Bertz CT molecular complexity index is 1380. The Morgan fingerprint density at radius 1 is 1.07 bits per heavy atom. The molecule has 2 aromatic carbocycles. The molecule has 0 aliphatic carbocycles. The molecule has 10 nitrogen and oxygen atoms in total. The lowest BCUT2D eigenvalue weighted by Crippen LogP contribution is -2.49. The summed E-state index contributed by atoms with van der Waals surface area (Å²) in [5.74, 6) is -0.538. The number of alkyl halides is 3. The van der Waals surface area contributed by atoms with Gasteiger partial charge in [0.1, 0.15) is 5.69 Å². The van der Waals surface area contributed by atoms with E-state index in [1.807, 2.05) is 4.90 Å². The summed E-state index contributed by atoms with van der Waals surface area (Å²) in [6.45, 7) is 6.27. The molecule has 13 heteroatoms. The van der Waals surface area contributed by atoms with E-state index in [0.29, 0.717) is 36.2 Å². The van der Waals surface area contributed by atoms with Crippen LogP contribution in [0, 0.1) is 17.0 Å². The molecule has 0 bridgehead atoms. The Hall–Kier alpha value is -3.97. The van der Waals surface area contributed by atoms with Crippen LogP contribution < -0.4 is 10.2 Å². The minimum atomic E-state index is -4.46. The average molecular weight is 559 g/mol. The van der Waals surface area contributed by atoms with Crippen molar-refractivity contribution in [2.45, 2.75) is 32.0 Å². The Morgan fingerprint density at radius 2 is 1.75 bits per heavy atom. The number of benzene rings is 2. The number of ether oxygens (including phenoxy) is 1. The first kappa shape index (κ1) is 27.6. The number of amides is 1. The number of nitro benzene ring substituents is 1. The van der Waals surface area contributed by atoms with Gasteiger partial charge in [-0.15, -0.1) is 0 Å². The summed E-state index contributed by atoms with van der Waals surface area (Å²) in [4.78, 5) is 28.9. The van der Waals surface area contributed by atoms with Gasteiger partial charge in [0.2, 0.25) is 0 Å². The first-order chi connectivity index (χ1) is 19.1. The maximum atomic E-state index is 13.0. The number of nitrogens with one attached hydrogen (secondary N) is 1. The highest BCUT2D eigenvalue weighted by Crippen LogP contribution is 2.34. The van der Waals surface area contributed by atoms with Gasteiger partial charge in [-0.1, -0.05) is 0 Å². The van der Waals surface area contributed by atoms with E-state index in [2.05, 4.69) is 15.3 Å². The summed E-state index contributed by atoms with van der Waals surface area (Å²) in [6, 6.07) is 9.50. The van der Waals surface area contributed by atoms with Gasteiger partial charge in [-0.3, -0.25) is 19.8 Å². The van der Waals surface area contributed by atoms with Crippen molar-refractivity contribution in [1.29, 1.82) is 0 Å². The van der Waals surface area contributed by atoms with E-state index in [1.54, 1.807) is 19.1 Å². The zero-order valence-corrected chi connectivity index (χ0v) is 21.9. The zero-order chi connectivity index (χ0) is 28.4. The highest BCUT2D eigenvalue weighted by Gasteiger charge is 2.31. The molecule has 3 heterocycles. The fourth-order valence-electron chi connectivity index (χ4n) is 5.31. The number of hydrogen-bond acceptors (Lipinski definition) is 7. The smallest absolute Gasteiger partial charge is 0.379 e. The fourth-order valence-corrected chi connectivity index (χ4v) is 5.31. The highest BCUT2D eigenvalue weighted by molar-refractivity contribution is 6.05. The second-order valence-electron chi connectivity index (χ2n) is 9.88. The van der Waals surface area contributed by atoms with Crippen molar-refractivity contribution in [3.63, 3.8) is 0 Å². The maximum absolute atomic E-state index is 13.0. The minimum absolute atomic E-state index is 0.0974. The van der Waals surface area contributed by atoms with Crippen molar-refractivity contribution in [3.8, 4) is 5.69 Å². The standard InChI is InChI=1S/C27H29F3N6O4/c1-18-23(17-31-35(18)22-5-2-19(3-6-22)27(28,29)30)26(37)32-20-4-7-24(25(16-20)36(38)39)34-10-8-21(9-11-34)33-12-14-40-15-13-33/h2-7,16-17,21H,8-15H2,1H3,(H,32,37).